The van der Waals surface area contributed by atoms with Crippen LogP contribution in [0.4, 0.5) is 0 Å². The molecule has 3 rings (SSSR count). The van der Waals surface area contributed by atoms with Crippen LogP contribution in [-0.4, -0.2) is 51.0 Å². The van der Waals surface area contributed by atoms with Gasteiger partial charge in [-0.15, -0.1) is 5.10 Å². The summed E-state index contributed by atoms with van der Waals surface area (Å²) in [6.45, 7) is 8.49. The van der Waals surface area contributed by atoms with Gasteiger partial charge in [0, 0.05) is 19.3 Å². The molecule has 0 unspecified atom stereocenters. The molecule has 0 radical (unpaired) electrons. The van der Waals surface area contributed by atoms with Crippen molar-refractivity contribution in [3.05, 3.63) is 47.7 Å². The summed E-state index contributed by atoms with van der Waals surface area (Å²) >= 11 is 1.27. The highest BCUT2D eigenvalue weighted by molar-refractivity contribution is 7.99. The number of sulfonamides is 1. The summed E-state index contributed by atoms with van der Waals surface area (Å²) in [7, 11) is -3.52. The lowest BCUT2D eigenvalue weighted by atomic mass is 10.1. The van der Waals surface area contributed by atoms with Crippen LogP contribution < -0.4 is 0 Å². The zero-order chi connectivity index (χ0) is 20.3. The van der Waals surface area contributed by atoms with Gasteiger partial charge < -0.3 is 0 Å². The molecular weight excluding hydrogens is 396 g/mol. The van der Waals surface area contributed by atoms with Gasteiger partial charge in [-0.1, -0.05) is 19.9 Å². The molecule has 0 atom stereocenters. The van der Waals surface area contributed by atoms with E-state index >= 15 is 0 Å². The number of rotatable bonds is 7. The summed E-state index contributed by atoms with van der Waals surface area (Å²) in [5.74, 6) is 0. The van der Waals surface area contributed by atoms with Gasteiger partial charge in [-0.05, 0) is 71.4 Å². The second-order valence-electron chi connectivity index (χ2n) is 6.24. The van der Waals surface area contributed by atoms with Crippen LogP contribution in [-0.2, 0) is 10.0 Å². The van der Waals surface area contributed by atoms with Crippen molar-refractivity contribution in [2.45, 2.75) is 42.8 Å². The predicted molar refractivity (Wildman–Crippen MR) is 107 cm³/mol. The summed E-state index contributed by atoms with van der Waals surface area (Å²) in [4.78, 5) is 4.46. The van der Waals surface area contributed by atoms with Crippen molar-refractivity contribution in [2.75, 3.05) is 13.1 Å². The maximum Gasteiger partial charge on any atom is 0.244 e. The molecule has 1 aromatic carbocycles. The first-order chi connectivity index (χ1) is 13.3. The largest absolute Gasteiger partial charge is 0.248 e. The molecule has 0 fully saturated rings. The van der Waals surface area contributed by atoms with Gasteiger partial charge in [-0.3, -0.25) is 0 Å². The number of aromatic nitrogens is 5. The normalized spacial score (nSPS) is 11.9. The lowest BCUT2D eigenvalue weighted by Crippen LogP contribution is -2.30. The number of hydrogen-bond acceptors (Lipinski definition) is 7. The fourth-order valence-electron chi connectivity index (χ4n) is 2.86. The monoisotopic (exact) mass is 418 g/mol. The highest BCUT2D eigenvalue weighted by Crippen LogP contribution is 2.27. The van der Waals surface area contributed by atoms with Crippen molar-refractivity contribution in [2.24, 2.45) is 0 Å². The third kappa shape index (κ3) is 4.23. The quantitative estimate of drug-likeness (QED) is 0.582. The summed E-state index contributed by atoms with van der Waals surface area (Å²) in [5.41, 5.74) is 3.10. The van der Waals surface area contributed by atoms with E-state index in [0.717, 1.165) is 16.8 Å². The molecule has 0 aliphatic rings. The highest BCUT2D eigenvalue weighted by Gasteiger charge is 2.22. The molecule has 0 amide bonds. The second kappa shape index (κ2) is 8.38. The smallest absolute Gasteiger partial charge is 0.244 e. The molecular formula is C18H22N6O2S2. The van der Waals surface area contributed by atoms with E-state index < -0.39 is 10.0 Å². The second-order valence-corrected chi connectivity index (χ2v) is 9.17. The fourth-order valence-corrected chi connectivity index (χ4v) is 5.00. The fraction of sp³-hybridized carbons (Fsp3) is 0.333. The Hall–Kier alpha value is -2.30. The van der Waals surface area contributed by atoms with Gasteiger partial charge in [0.15, 0.2) is 0 Å². The summed E-state index contributed by atoms with van der Waals surface area (Å²) in [6, 6.07) is 9.31. The Bertz CT molecular complexity index is 1040. The molecule has 0 spiro atoms. The van der Waals surface area contributed by atoms with Crippen molar-refractivity contribution in [3.8, 4) is 5.69 Å². The van der Waals surface area contributed by atoms with E-state index in [2.05, 4.69) is 26.6 Å². The number of nitrogens with zero attached hydrogens (tertiary/aromatic N) is 6. The maximum absolute atomic E-state index is 12.6. The van der Waals surface area contributed by atoms with Gasteiger partial charge >= 0.3 is 0 Å². The molecule has 148 valence electrons. The molecule has 0 aliphatic heterocycles. The Morgan fingerprint density at radius 2 is 1.75 bits per heavy atom. The van der Waals surface area contributed by atoms with Crippen LogP contribution in [0.3, 0.4) is 0 Å². The van der Waals surface area contributed by atoms with E-state index in [0.29, 0.717) is 23.3 Å². The number of tetrazole rings is 1. The van der Waals surface area contributed by atoms with Crippen LogP contribution in [0, 0.1) is 13.8 Å². The van der Waals surface area contributed by atoms with Crippen LogP contribution >= 0.6 is 11.8 Å². The van der Waals surface area contributed by atoms with E-state index in [-0.39, 0.29) is 4.90 Å². The Labute approximate surface area is 169 Å². The molecule has 2 heterocycles. The Kier molecular flexibility index (Phi) is 6.11. The summed E-state index contributed by atoms with van der Waals surface area (Å²) < 4.78 is 28.2. The topological polar surface area (TPSA) is 93.9 Å². The minimum atomic E-state index is -3.52. The van der Waals surface area contributed by atoms with Gasteiger partial charge in [0.05, 0.1) is 5.69 Å². The van der Waals surface area contributed by atoms with Crippen molar-refractivity contribution in [1.29, 1.82) is 0 Å². The number of pyridine rings is 1. The molecule has 28 heavy (non-hydrogen) atoms. The Balaban J connectivity index is 1.86. The molecule has 10 heteroatoms. The van der Waals surface area contributed by atoms with Crippen molar-refractivity contribution in [1.82, 2.24) is 29.5 Å². The zero-order valence-electron chi connectivity index (χ0n) is 16.2. The van der Waals surface area contributed by atoms with Crippen LogP contribution in [0.1, 0.15) is 25.0 Å². The number of aryl methyl sites for hydroxylation is 2. The molecule has 0 saturated heterocycles. The lowest BCUT2D eigenvalue weighted by molar-refractivity contribution is 0.445. The first-order valence-corrected chi connectivity index (χ1v) is 11.1. The van der Waals surface area contributed by atoms with Gasteiger partial charge in [0.25, 0.3) is 0 Å². The molecule has 0 aliphatic carbocycles. The van der Waals surface area contributed by atoms with E-state index in [4.69, 9.17) is 0 Å². The minimum Gasteiger partial charge on any atom is -0.248 e. The third-order valence-electron chi connectivity index (χ3n) is 4.14. The van der Waals surface area contributed by atoms with Gasteiger partial charge in [-0.25, -0.2) is 13.4 Å². The van der Waals surface area contributed by atoms with Crippen LogP contribution in [0.2, 0.25) is 0 Å². The molecule has 0 N–H and O–H groups in total. The van der Waals surface area contributed by atoms with E-state index in [9.17, 15) is 8.42 Å². The van der Waals surface area contributed by atoms with Gasteiger partial charge in [-0.2, -0.15) is 8.99 Å². The van der Waals surface area contributed by atoms with Gasteiger partial charge in [0.2, 0.25) is 15.2 Å². The molecule has 0 bridgehead atoms. The van der Waals surface area contributed by atoms with Crippen LogP contribution in [0.25, 0.3) is 5.69 Å². The average Bonchev–Trinajstić information content (AvgIpc) is 3.10. The van der Waals surface area contributed by atoms with E-state index in [1.54, 1.807) is 16.8 Å². The maximum atomic E-state index is 12.6. The molecule has 2 aromatic heterocycles. The number of hydrogen-bond donors (Lipinski definition) is 0. The van der Waals surface area contributed by atoms with E-state index in [1.807, 2.05) is 39.8 Å². The number of benzene rings is 1. The van der Waals surface area contributed by atoms with Crippen LogP contribution in [0.5, 0.6) is 0 Å². The highest BCUT2D eigenvalue weighted by atomic mass is 32.2. The van der Waals surface area contributed by atoms with Crippen molar-refractivity contribution < 1.29 is 8.42 Å². The van der Waals surface area contributed by atoms with Crippen LogP contribution in [0.15, 0.2) is 51.6 Å². The SMILES string of the molecule is CCN(CC)S(=O)(=O)c1ccc(Sc2nnnn2-c2cc(C)cc(C)c2)nc1. The summed E-state index contributed by atoms with van der Waals surface area (Å²) in [5, 5.41) is 13.1. The average molecular weight is 419 g/mol. The molecule has 0 saturated carbocycles. The first kappa shape index (κ1) is 20.4. The molecule has 8 nitrogen and oxygen atoms in total. The third-order valence-corrected chi connectivity index (χ3v) is 7.06. The zero-order valence-corrected chi connectivity index (χ0v) is 17.8. The first-order valence-electron chi connectivity index (χ1n) is 8.86. The van der Waals surface area contributed by atoms with E-state index in [1.165, 1.54) is 22.3 Å². The standard InChI is InChI=1S/C18H22N6O2S2/c1-5-23(6-2)28(25,26)16-7-8-17(19-12-16)27-18-20-21-22-24(18)15-10-13(3)9-14(4)11-15/h7-12H,5-6H2,1-4H3. The predicted octanol–water partition coefficient (Wildman–Crippen LogP) is 2.86. The Morgan fingerprint density at radius 3 is 2.32 bits per heavy atom. The minimum absolute atomic E-state index is 0.175. The Morgan fingerprint density at radius 1 is 1.07 bits per heavy atom. The lowest BCUT2D eigenvalue weighted by Gasteiger charge is -2.18. The molecule has 3 aromatic rings. The van der Waals surface area contributed by atoms with Crippen molar-refractivity contribution >= 4 is 21.8 Å². The van der Waals surface area contributed by atoms with Gasteiger partial charge in [0.1, 0.15) is 9.92 Å². The van der Waals surface area contributed by atoms with Crippen molar-refractivity contribution in [3.63, 3.8) is 0 Å². The summed E-state index contributed by atoms with van der Waals surface area (Å²) in [6.07, 6.45) is 1.38.